The standard InChI is InChI=1S/C18H21NO3/c1-4-16-15(10-14-8-6-5-7-9-14)11-18(3,19(21)22)12-17(16)13(2)20/h5-10H,4,11-12H2,1-3H3/b15-10-. The molecule has 0 heterocycles. The van der Waals surface area contributed by atoms with Gasteiger partial charge in [0.05, 0.1) is 0 Å². The molecule has 0 spiro atoms. The molecule has 0 saturated heterocycles. The first-order chi connectivity index (χ1) is 10.4. The lowest BCUT2D eigenvalue weighted by Crippen LogP contribution is -2.39. The van der Waals surface area contributed by atoms with Gasteiger partial charge in [0.2, 0.25) is 5.54 Å². The van der Waals surface area contributed by atoms with Crippen LogP contribution in [-0.2, 0) is 4.79 Å². The maximum Gasteiger partial charge on any atom is 0.227 e. The highest BCUT2D eigenvalue weighted by Gasteiger charge is 2.44. The van der Waals surface area contributed by atoms with Crippen LogP contribution in [-0.4, -0.2) is 16.2 Å². The number of ketones is 1. The van der Waals surface area contributed by atoms with Crippen LogP contribution in [0.3, 0.4) is 0 Å². The normalized spacial score (nSPS) is 23.7. The molecule has 116 valence electrons. The average Bonchev–Trinajstić information content (AvgIpc) is 2.47. The number of benzene rings is 1. The van der Waals surface area contributed by atoms with Crippen LogP contribution in [0, 0.1) is 10.1 Å². The van der Waals surface area contributed by atoms with E-state index in [4.69, 9.17) is 0 Å². The van der Waals surface area contributed by atoms with Gasteiger partial charge in [-0.15, -0.1) is 0 Å². The summed E-state index contributed by atoms with van der Waals surface area (Å²) in [7, 11) is 0. The van der Waals surface area contributed by atoms with E-state index in [-0.39, 0.29) is 17.1 Å². The van der Waals surface area contributed by atoms with Crippen LogP contribution in [0.2, 0.25) is 0 Å². The molecule has 4 nitrogen and oxygen atoms in total. The number of carbonyl (C=O) groups excluding carboxylic acids is 1. The Bertz CT molecular complexity index is 658. The Morgan fingerprint density at radius 3 is 2.45 bits per heavy atom. The third-order valence-corrected chi connectivity index (χ3v) is 4.24. The predicted molar refractivity (Wildman–Crippen MR) is 87.1 cm³/mol. The summed E-state index contributed by atoms with van der Waals surface area (Å²) in [6, 6.07) is 9.73. The van der Waals surface area contributed by atoms with Gasteiger partial charge in [-0.3, -0.25) is 14.9 Å². The summed E-state index contributed by atoms with van der Waals surface area (Å²) in [5.74, 6) is -0.0661. The van der Waals surface area contributed by atoms with Crippen LogP contribution in [0.15, 0.2) is 47.1 Å². The molecule has 1 aliphatic carbocycles. The first-order valence-corrected chi connectivity index (χ1v) is 7.51. The molecule has 0 fully saturated rings. The quantitative estimate of drug-likeness (QED) is 0.618. The molecule has 0 aromatic heterocycles. The number of rotatable bonds is 4. The van der Waals surface area contributed by atoms with Gasteiger partial charge in [0.1, 0.15) is 0 Å². The smallest absolute Gasteiger partial charge is 0.227 e. The van der Waals surface area contributed by atoms with Crippen molar-refractivity contribution >= 4 is 11.9 Å². The van der Waals surface area contributed by atoms with Gasteiger partial charge < -0.3 is 0 Å². The fourth-order valence-corrected chi connectivity index (χ4v) is 3.06. The van der Waals surface area contributed by atoms with Gasteiger partial charge in [0.25, 0.3) is 0 Å². The highest BCUT2D eigenvalue weighted by molar-refractivity contribution is 5.95. The van der Waals surface area contributed by atoms with Crippen molar-refractivity contribution in [2.24, 2.45) is 0 Å². The second kappa shape index (κ2) is 6.26. The first kappa shape index (κ1) is 16.1. The van der Waals surface area contributed by atoms with E-state index in [2.05, 4.69) is 0 Å². The summed E-state index contributed by atoms with van der Waals surface area (Å²) in [6.07, 6.45) is 3.25. The summed E-state index contributed by atoms with van der Waals surface area (Å²) < 4.78 is 0. The molecule has 4 heteroatoms. The third-order valence-electron chi connectivity index (χ3n) is 4.24. The molecule has 1 aromatic rings. The number of hydrogen-bond donors (Lipinski definition) is 0. The molecule has 0 bridgehead atoms. The van der Waals surface area contributed by atoms with Crippen LogP contribution in [0.1, 0.15) is 45.6 Å². The van der Waals surface area contributed by atoms with E-state index < -0.39 is 5.54 Å². The molecule has 1 aromatic carbocycles. The molecular formula is C18H21NO3. The SMILES string of the molecule is CCC1=C(C(C)=O)CC(C)([N+](=O)[O-])C/C1=C/c1ccccc1. The molecular weight excluding hydrogens is 278 g/mol. The third kappa shape index (κ3) is 3.16. The highest BCUT2D eigenvalue weighted by Crippen LogP contribution is 2.40. The number of hydrogen-bond acceptors (Lipinski definition) is 3. The zero-order chi connectivity index (χ0) is 16.3. The minimum atomic E-state index is -1.11. The Labute approximate surface area is 130 Å². The monoisotopic (exact) mass is 299 g/mol. The first-order valence-electron chi connectivity index (χ1n) is 7.51. The maximum atomic E-state index is 12.0. The van der Waals surface area contributed by atoms with Crippen molar-refractivity contribution < 1.29 is 9.72 Å². The number of carbonyl (C=O) groups is 1. The van der Waals surface area contributed by atoms with Gasteiger partial charge in [0.15, 0.2) is 5.78 Å². The fraction of sp³-hybridized carbons (Fsp3) is 0.389. The van der Waals surface area contributed by atoms with Crippen molar-refractivity contribution in [3.8, 4) is 0 Å². The summed E-state index contributed by atoms with van der Waals surface area (Å²) in [4.78, 5) is 23.2. The zero-order valence-electron chi connectivity index (χ0n) is 13.3. The maximum absolute atomic E-state index is 12.0. The van der Waals surface area contributed by atoms with Crippen molar-refractivity contribution in [1.82, 2.24) is 0 Å². The average molecular weight is 299 g/mol. The van der Waals surface area contributed by atoms with Gasteiger partial charge in [0, 0.05) is 30.3 Å². The minimum absolute atomic E-state index is 0.0661. The largest absolute Gasteiger partial charge is 0.295 e. The Hall–Kier alpha value is -2.23. The Balaban J connectivity index is 2.58. The molecule has 1 unspecified atom stereocenters. The molecule has 1 aliphatic rings. The molecule has 0 radical (unpaired) electrons. The second-order valence-electron chi connectivity index (χ2n) is 6.05. The van der Waals surface area contributed by atoms with E-state index >= 15 is 0 Å². The topological polar surface area (TPSA) is 60.2 Å². The van der Waals surface area contributed by atoms with Gasteiger partial charge in [-0.2, -0.15) is 0 Å². The van der Waals surface area contributed by atoms with E-state index in [1.807, 2.05) is 43.3 Å². The molecule has 1 atom stereocenters. The number of Topliss-reactive ketones (excluding diaryl/α,β-unsaturated/α-hetero) is 1. The lowest BCUT2D eigenvalue weighted by Gasteiger charge is -2.30. The van der Waals surface area contributed by atoms with Crippen molar-refractivity contribution in [3.63, 3.8) is 0 Å². The van der Waals surface area contributed by atoms with Crippen LogP contribution in [0.4, 0.5) is 0 Å². The molecule has 0 aliphatic heterocycles. The van der Waals surface area contributed by atoms with Gasteiger partial charge in [-0.1, -0.05) is 43.3 Å². The zero-order valence-corrected chi connectivity index (χ0v) is 13.3. The van der Waals surface area contributed by atoms with Gasteiger partial charge in [-0.25, -0.2) is 0 Å². The van der Waals surface area contributed by atoms with E-state index in [1.54, 1.807) is 6.92 Å². The van der Waals surface area contributed by atoms with Crippen LogP contribution >= 0.6 is 0 Å². The van der Waals surface area contributed by atoms with E-state index in [1.165, 1.54) is 6.92 Å². The fourth-order valence-electron chi connectivity index (χ4n) is 3.06. The summed E-state index contributed by atoms with van der Waals surface area (Å²) in [5.41, 5.74) is 2.37. The van der Waals surface area contributed by atoms with Crippen molar-refractivity contribution in [1.29, 1.82) is 0 Å². The van der Waals surface area contributed by atoms with Crippen LogP contribution < -0.4 is 0 Å². The lowest BCUT2D eigenvalue weighted by atomic mass is 9.74. The van der Waals surface area contributed by atoms with E-state index in [9.17, 15) is 14.9 Å². The lowest BCUT2D eigenvalue weighted by molar-refractivity contribution is -0.564. The van der Waals surface area contributed by atoms with Gasteiger partial charge in [-0.05, 0) is 30.1 Å². The highest BCUT2D eigenvalue weighted by atomic mass is 16.6. The second-order valence-corrected chi connectivity index (χ2v) is 6.05. The summed E-state index contributed by atoms with van der Waals surface area (Å²) in [6.45, 7) is 5.12. The Kier molecular flexibility index (Phi) is 4.59. The molecule has 0 N–H and O–H groups in total. The van der Waals surface area contributed by atoms with Crippen molar-refractivity contribution in [3.05, 3.63) is 62.7 Å². The van der Waals surface area contributed by atoms with E-state index in [0.717, 1.165) is 16.7 Å². The summed E-state index contributed by atoms with van der Waals surface area (Å²) in [5, 5.41) is 11.5. The van der Waals surface area contributed by atoms with E-state index in [0.29, 0.717) is 18.4 Å². The van der Waals surface area contributed by atoms with Gasteiger partial charge >= 0.3 is 0 Å². The number of allylic oxidation sites excluding steroid dienone is 1. The van der Waals surface area contributed by atoms with Crippen LogP contribution in [0.5, 0.6) is 0 Å². The van der Waals surface area contributed by atoms with Crippen molar-refractivity contribution in [2.45, 2.75) is 45.6 Å². The number of nitrogens with zero attached hydrogens (tertiary/aromatic N) is 1. The summed E-state index contributed by atoms with van der Waals surface area (Å²) >= 11 is 0. The minimum Gasteiger partial charge on any atom is -0.295 e. The molecule has 2 rings (SSSR count). The van der Waals surface area contributed by atoms with Crippen molar-refractivity contribution in [2.75, 3.05) is 0 Å². The Morgan fingerprint density at radius 1 is 1.32 bits per heavy atom. The Morgan fingerprint density at radius 2 is 1.95 bits per heavy atom. The molecule has 0 saturated carbocycles. The predicted octanol–water partition coefficient (Wildman–Crippen LogP) is 4.19. The molecule has 22 heavy (non-hydrogen) atoms. The molecule has 0 amide bonds. The number of nitro groups is 1. The van der Waals surface area contributed by atoms with Crippen LogP contribution in [0.25, 0.3) is 6.08 Å².